The molecule has 0 aromatic heterocycles. The third-order valence-electron chi connectivity index (χ3n) is 5.43. The third kappa shape index (κ3) is 7.66. The van der Waals surface area contributed by atoms with Crippen molar-refractivity contribution in [1.29, 1.82) is 0 Å². The predicted molar refractivity (Wildman–Crippen MR) is 130 cm³/mol. The van der Waals surface area contributed by atoms with Crippen LogP contribution >= 0.6 is 0 Å². The summed E-state index contributed by atoms with van der Waals surface area (Å²) in [7, 11) is 1.77. The van der Waals surface area contributed by atoms with Gasteiger partial charge in [0, 0.05) is 51.9 Å². The Bertz CT molecular complexity index is 893. The van der Waals surface area contributed by atoms with Gasteiger partial charge in [-0.15, -0.1) is 0 Å². The van der Waals surface area contributed by atoms with Crippen molar-refractivity contribution in [3.05, 3.63) is 65.2 Å². The number of nitrogens with one attached hydrogen (secondary N) is 3. The fourth-order valence-electron chi connectivity index (χ4n) is 3.68. The maximum atomic E-state index is 11.8. The molecule has 7 nitrogen and oxygen atoms in total. The fourth-order valence-corrected chi connectivity index (χ4v) is 3.68. The number of benzene rings is 2. The second-order valence-electron chi connectivity index (χ2n) is 7.94. The lowest BCUT2D eigenvalue weighted by molar-refractivity contribution is -0.116. The standard InChI is InChI=1S/C25H35N5O2/c1-3-7-24(31)29-23-11-6-8-20(16-23)17-27-25(26-2)28-18-21-9-4-5-10-22(21)19-30-12-14-32-15-13-30/h4-6,8-11,16H,3,7,12-15,17-19H2,1-2H3,(H,29,31)(H2,26,27,28). The van der Waals surface area contributed by atoms with Gasteiger partial charge in [-0.05, 0) is 35.2 Å². The van der Waals surface area contributed by atoms with Crippen molar-refractivity contribution >= 4 is 17.6 Å². The first kappa shape index (κ1) is 23.8. The molecule has 2 aromatic carbocycles. The lowest BCUT2D eigenvalue weighted by atomic mass is 10.1. The van der Waals surface area contributed by atoms with Crippen LogP contribution in [0.15, 0.2) is 53.5 Å². The van der Waals surface area contributed by atoms with Crippen molar-refractivity contribution < 1.29 is 9.53 Å². The van der Waals surface area contributed by atoms with E-state index < -0.39 is 0 Å². The number of nitrogens with zero attached hydrogens (tertiary/aromatic N) is 2. The first-order valence-electron chi connectivity index (χ1n) is 11.4. The Kier molecular flexibility index (Phi) is 9.53. The van der Waals surface area contributed by atoms with Gasteiger partial charge in [0.15, 0.2) is 5.96 Å². The van der Waals surface area contributed by atoms with Crippen LogP contribution in [0.3, 0.4) is 0 Å². The molecule has 0 unspecified atom stereocenters. The van der Waals surface area contributed by atoms with Crippen molar-refractivity contribution in [3.63, 3.8) is 0 Å². The largest absolute Gasteiger partial charge is 0.379 e. The maximum absolute atomic E-state index is 11.8. The van der Waals surface area contributed by atoms with Crippen LogP contribution in [0.5, 0.6) is 0 Å². The number of aliphatic imine (C=N–C) groups is 1. The smallest absolute Gasteiger partial charge is 0.224 e. The Morgan fingerprint density at radius 3 is 2.53 bits per heavy atom. The molecule has 1 amide bonds. The van der Waals surface area contributed by atoms with Crippen LogP contribution in [0.1, 0.15) is 36.5 Å². The Hall–Kier alpha value is -2.90. The first-order chi connectivity index (χ1) is 15.7. The summed E-state index contributed by atoms with van der Waals surface area (Å²) >= 11 is 0. The summed E-state index contributed by atoms with van der Waals surface area (Å²) in [6, 6.07) is 16.4. The molecule has 1 aliphatic heterocycles. The van der Waals surface area contributed by atoms with Crippen LogP contribution in [-0.2, 0) is 29.2 Å². The topological polar surface area (TPSA) is 78.0 Å². The second kappa shape index (κ2) is 12.8. The lowest BCUT2D eigenvalue weighted by Gasteiger charge is -2.27. The zero-order valence-corrected chi connectivity index (χ0v) is 19.2. The van der Waals surface area contributed by atoms with Gasteiger partial charge in [-0.3, -0.25) is 14.7 Å². The number of morpholine rings is 1. The zero-order valence-electron chi connectivity index (χ0n) is 19.2. The van der Waals surface area contributed by atoms with Crippen LogP contribution in [0.2, 0.25) is 0 Å². The first-order valence-corrected chi connectivity index (χ1v) is 11.4. The highest BCUT2D eigenvalue weighted by molar-refractivity contribution is 5.90. The molecule has 0 radical (unpaired) electrons. The quantitative estimate of drug-likeness (QED) is 0.415. The zero-order chi connectivity index (χ0) is 22.6. The van der Waals surface area contributed by atoms with E-state index in [9.17, 15) is 4.79 Å². The van der Waals surface area contributed by atoms with Gasteiger partial charge in [-0.25, -0.2) is 0 Å². The minimum absolute atomic E-state index is 0.0471. The van der Waals surface area contributed by atoms with Crippen molar-refractivity contribution in [2.45, 2.75) is 39.4 Å². The molecule has 1 aliphatic rings. The summed E-state index contributed by atoms with van der Waals surface area (Å²) in [5, 5.41) is 9.73. The molecule has 3 N–H and O–H groups in total. The van der Waals surface area contributed by atoms with Crippen molar-refractivity contribution in [2.24, 2.45) is 4.99 Å². The van der Waals surface area contributed by atoms with Gasteiger partial charge in [-0.1, -0.05) is 43.3 Å². The normalized spacial score (nSPS) is 14.8. The predicted octanol–water partition coefficient (Wildman–Crippen LogP) is 3.12. The molecule has 0 spiro atoms. The molecular weight excluding hydrogens is 402 g/mol. The van der Waals surface area contributed by atoms with Crippen molar-refractivity contribution in [2.75, 3.05) is 38.7 Å². The average molecular weight is 438 g/mol. The van der Waals surface area contributed by atoms with Gasteiger partial charge in [0.2, 0.25) is 5.91 Å². The molecule has 0 saturated carbocycles. The molecule has 172 valence electrons. The van der Waals surface area contributed by atoms with Crippen LogP contribution in [0.4, 0.5) is 5.69 Å². The van der Waals surface area contributed by atoms with Crippen LogP contribution in [0.25, 0.3) is 0 Å². The SMILES string of the molecule is CCCC(=O)Nc1cccc(CNC(=NC)NCc2ccccc2CN2CCOCC2)c1. The number of hydrogen-bond acceptors (Lipinski definition) is 4. The van der Waals surface area contributed by atoms with Gasteiger partial charge in [0.1, 0.15) is 0 Å². The molecule has 32 heavy (non-hydrogen) atoms. The Balaban J connectivity index is 1.52. The summed E-state index contributed by atoms with van der Waals surface area (Å²) in [5.41, 5.74) is 4.49. The number of anilines is 1. The molecule has 0 bridgehead atoms. The number of carbonyl (C=O) groups excluding carboxylic acids is 1. The van der Waals surface area contributed by atoms with E-state index in [1.165, 1.54) is 11.1 Å². The number of hydrogen-bond donors (Lipinski definition) is 3. The number of guanidine groups is 1. The molecule has 1 fully saturated rings. The number of amides is 1. The van der Waals surface area contributed by atoms with Crippen LogP contribution in [-0.4, -0.2) is 50.1 Å². The number of ether oxygens (including phenoxy) is 1. The fraction of sp³-hybridized carbons (Fsp3) is 0.440. The maximum Gasteiger partial charge on any atom is 0.224 e. The molecule has 1 saturated heterocycles. The second-order valence-corrected chi connectivity index (χ2v) is 7.94. The average Bonchev–Trinajstić information content (AvgIpc) is 2.81. The minimum atomic E-state index is 0.0471. The van der Waals surface area contributed by atoms with Gasteiger partial charge >= 0.3 is 0 Å². The lowest BCUT2D eigenvalue weighted by Crippen LogP contribution is -2.37. The van der Waals surface area contributed by atoms with Crippen LogP contribution in [0, 0.1) is 0 Å². The van der Waals surface area contributed by atoms with E-state index in [2.05, 4.69) is 50.1 Å². The summed E-state index contributed by atoms with van der Waals surface area (Å²) < 4.78 is 5.46. The molecule has 0 atom stereocenters. The summed E-state index contributed by atoms with van der Waals surface area (Å²) in [5.74, 6) is 0.789. The van der Waals surface area contributed by atoms with E-state index >= 15 is 0 Å². The minimum Gasteiger partial charge on any atom is -0.379 e. The van der Waals surface area contributed by atoms with Gasteiger partial charge < -0.3 is 20.7 Å². The van der Waals surface area contributed by atoms with Gasteiger partial charge in [0.25, 0.3) is 0 Å². The highest BCUT2D eigenvalue weighted by atomic mass is 16.5. The molecular formula is C25H35N5O2. The van der Waals surface area contributed by atoms with Crippen LogP contribution < -0.4 is 16.0 Å². The molecule has 2 aromatic rings. The Labute approximate surface area is 191 Å². The number of carbonyl (C=O) groups is 1. The summed E-state index contributed by atoms with van der Waals surface area (Å²) in [6.07, 6.45) is 1.37. The van der Waals surface area contributed by atoms with Crippen molar-refractivity contribution in [1.82, 2.24) is 15.5 Å². The number of rotatable bonds is 9. The van der Waals surface area contributed by atoms with E-state index in [1.807, 2.05) is 31.2 Å². The molecule has 1 heterocycles. The Morgan fingerprint density at radius 2 is 1.78 bits per heavy atom. The highest BCUT2D eigenvalue weighted by Gasteiger charge is 2.13. The summed E-state index contributed by atoms with van der Waals surface area (Å²) in [6.45, 7) is 7.82. The van der Waals surface area contributed by atoms with Gasteiger partial charge in [-0.2, -0.15) is 0 Å². The molecule has 7 heteroatoms. The van der Waals surface area contributed by atoms with E-state index in [0.29, 0.717) is 19.5 Å². The highest BCUT2D eigenvalue weighted by Crippen LogP contribution is 2.13. The third-order valence-corrected chi connectivity index (χ3v) is 5.43. The van der Waals surface area contributed by atoms with Gasteiger partial charge in [0.05, 0.1) is 13.2 Å². The van der Waals surface area contributed by atoms with Crippen molar-refractivity contribution in [3.8, 4) is 0 Å². The Morgan fingerprint density at radius 1 is 1.03 bits per heavy atom. The summed E-state index contributed by atoms with van der Waals surface area (Å²) in [4.78, 5) is 18.6. The monoisotopic (exact) mass is 437 g/mol. The van der Waals surface area contributed by atoms with E-state index in [-0.39, 0.29) is 5.91 Å². The molecule has 0 aliphatic carbocycles. The molecule has 3 rings (SSSR count). The van der Waals surface area contributed by atoms with E-state index in [4.69, 9.17) is 4.74 Å². The van der Waals surface area contributed by atoms with E-state index in [1.54, 1.807) is 7.05 Å². The van der Waals surface area contributed by atoms with E-state index in [0.717, 1.165) is 56.5 Å².